The molecule has 0 atom stereocenters. The van der Waals surface area contributed by atoms with Crippen LogP contribution >= 0.6 is 27.7 Å². The Morgan fingerprint density at radius 1 is 1.29 bits per heavy atom. The molecule has 0 spiro atoms. The van der Waals surface area contributed by atoms with Gasteiger partial charge in [-0.1, -0.05) is 34.1 Å². The number of amides is 1. The molecule has 1 aliphatic rings. The van der Waals surface area contributed by atoms with Crippen molar-refractivity contribution in [1.82, 2.24) is 0 Å². The number of nitrogens with zero attached hydrogens (tertiary/aromatic N) is 1. The number of thioether (sulfide) groups is 1. The van der Waals surface area contributed by atoms with E-state index in [4.69, 9.17) is 10.5 Å². The van der Waals surface area contributed by atoms with E-state index in [1.165, 1.54) is 6.07 Å². The van der Waals surface area contributed by atoms with Crippen LogP contribution in [0.4, 0.5) is 4.39 Å². The Balaban J connectivity index is 1.85. The molecule has 2 N–H and O–H groups in total. The number of ether oxygens (including phenoxy) is 1. The van der Waals surface area contributed by atoms with E-state index in [1.54, 1.807) is 30.3 Å². The molecule has 0 saturated heterocycles. The van der Waals surface area contributed by atoms with Crippen molar-refractivity contribution in [2.45, 2.75) is 6.61 Å². The molecular formula is C17H12BrFN2O2S. The van der Waals surface area contributed by atoms with Crippen LogP contribution in [-0.4, -0.2) is 11.1 Å². The standard InChI is InChI=1S/C17H12BrFN2O2S/c18-12-5-6-14(23-9-10-3-1-2-4-13(10)19)11(7-12)8-15-16(22)21-17(20)24-15/h1-8H,9H2,(H2,20,21,22)/b15-8+. The first-order chi connectivity index (χ1) is 11.5. The predicted molar refractivity (Wildman–Crippen MR) is 97.1 cm³/mol. The monoisotopic (exact) mass is 406 g/mol. The van der Waals surface area contributed by atoms with E-state index in [0.29, 0.717) is 21.8 Å². The van der Waals surface area contributed by atoms with E-state index >= 15 is 0 Å². The molecular weight excluding hydrogens is 395 g/mol. The van der Waals surface area contributed by atoms with Gasteiger partial charge in [0.25, 0.3) is 5.91 Å². The Morgan fingerprint density at radius 3 is 2.79 bits per heavy atom. The highest BCUT2D eigenvalue weighted by atomic mass is 79.9. The molecule has 1 heterocycles. The van der Waals surface area contributed by atoms with Crippen LogP contribution in [0.15, 0.2) is 56.8 Å². The average molecular weight is 407 g/mol. The predicted octanol–water partition coefficient (Wildman–Crippen LogP) is 4.10. The number of halogens is 2. The van der Waals surface area contributed by atoms with Crippen molar-refractivity contribution in [1.29, 1.82) is 0 Å². The lowest BCUT2D eigenvalue weighted by atomic mass is 10.1. The molecule has 0 unspecified atom stereocenters. The molecule has 0 fully saturated rings. The van der Waals surface area contributed by atoms with Gasteiger partial charge in [-0.2, -0.15) is 4.99 Å². The lowest BCUT2D eigenvalue weighted by molar-refractivity contribution is -0.113. The molecule has 24 heavy (non-hydrogen) atoms. The largest absolute Gasteiger partial charge is 0.488 e. The van der Waals surface area contributed by atoms with Gasteiger partial charge in [0.15, 0.2) is 5.17 Å². The minimum atomic E-state index is -0.377. The Hall–Kier alpha value is -2.12. The van der Waals surface area contributed by atoms with Crippen LogP contribution in [0.5, 0.6) is 5.75 Å². The van der Waals surface area contributed by atoms with Crippen molar-refractivity contribution >= 4 is 44.8 Å². The first-order valence-electron chi connectivity index (χ1n) is 6.97. The summed E-state index contributed by atoms with van der Waals surface area (Å²) < 4.78 is 20.3. The third kappa shape index (κ3) is 3.85. The maximum absolute atomic E-state index is 13.7. The number of benzene rings is 2. The van der Waals surface area contributed by atoms with E-state index in [-0.39, 0.29) is 23.5 Å². The van der Waals surface area contributed by atoms with Crippen molar-refractivity contribution in [3.8, 4) is 5.75 Å². The Bertz CT molecular complexity index is 867. The zero-order valence-electron chi connectivity index (χ0n) is 12.3. The summed E-state index contributed by atoms with van der Waals surface area (Å²) in [7, 11) is 0. The highest BCUT2D eigenvalue weighted by Crippen LogP contribution is 2.31. The highest BCUT2D eigenvalue weighted by molar-refractivity contribution is 9.10. The number of nitrogens with two attached hydrogens (primary N) is 1. The van der Waals surface area contributed by atoms with Gasteiger partial charge in [-0.05, 0) is 42.1 Å². The van der Waals surface area contributed by atoms with Crippen LogP contribution < -0.4 is 10.5 Å². The maximum atomic E-state index is 13.7. The second-order valence-electron chi connectivity index (χ2n) is 4.93. The fraction of sp³-hybridized carbons (Fsp3) is 0.0588. The summed E-state index contributed by atoms with van der Waals surface area (Å²) in [6, 6.07) is 11.8. The van der Waals surface area contributed by atoms with Gasteiger partial charge in [0, 0.05) is 15.6 Å². The van der Waals surface area contributed by atoms with Crippen LogP contribution in [0, 0.1) is 5.82 Å². The van der Waals surface area contributed by atoms with E-state index in [2.05, 4.69) is 20.9 Å². The first kappa shape index (κ1) is 16.7. The Labute approximate surface area is 150 Å². The molecule has 1 amide bonds. The molecule has 0 bridgehead atoms. The van der Waals surface area contributed by atoms with Crippen molar-refractivity contribution in [3.63, 3.8) is 0 Å². The molecule has 2 aromatic rings. The summed E-state index contributed by atoms with van der Waals surface area (Å²) in [5, 5.41) is 0.218. The van der Waals surface area contributed by atoms with E-state index in [0.717, 1.165) is 16.2 Å². The number of carbonyl (C=O) groups excluding carboxylic acids is 1. The van der Waals surface area contributed by atoms with Crippen molar-refractivity contribution in [2.75, 3.05) is 0 Å². The summed E-state index contributed by atoms with van der Waals surface area (Å²) in [5.41, 5.74) is 6.70. The van der Waals surface area contributed by atoms with E-state index in [1.807, 2.05) is 12.1 Å². The number of hydrogen-bond donors (Lipinski definition) is 1. The zero-order valence-corrected chi connectivity index (χ0v) is 14.7. The second-order valence-corrected chi connectivity index (χ2v) is 6.91. The molecule has 0 radical (unpaired) electrons. The van der Waals surface area contributed by atoms with Crippen LogP contribution in [0.1, 0.15) is 11.1 Å². The Kier molecular flexibility index (Phi) is 5.01. The van der Waals surface area contributed by atoms with Crippen LogP contribution in [0.3, 0.4) is 0 Å². The minimum Gasteiger partial charge on any atom is -0.488 e. The zero-order chi connectivity index (χ0) is 17.1. The van der Waals surface area contributed by atoms with Gasteiger partial charge in [0.05, 0.1) is 4.91 Å². The topological polar surface area (TPSA) is 64.7 Å². The van der Waals surface area contributed by atoms with E-state index < -0.39 is 0 Å². The molecule has 0 saturated carbocycles. The number of rotatable bonds is 4. The van der Waals surface area contributed by atoms with Gasteiger partial charge >= 0.3 is 0 Å². The third-order valence-corrected chi connectivity index (χ3v) is 4.54. The van der Waals surface area contributed by atoms with Crippen LogP contribution in [0.2, 0.25) is 0 Å². The second kappa shape index (κ2) is 7.19. The van der Waals surface area contributed by atoms with Gasteiger partial charge in [-0.15, -0.1) is 0 Å². The minimum absolute atomic E-state index is 0.0875. The van der Waals surface area contributed by atoms with Gasteiger partial charge in [0.1, 0.15) is 18.2 Å². The molecule has 0 aromatic heterocycles. The molecule has 0 aliphatic carbocycles. The fourth-order valence-electron chi connectivity index (χ4n) is 2.10. The molecule has 3 rings (SSSR count). The average Bonchev–Trinajstić information content (AvgIpc) is 2.85. The van der Waals surface area contributed by atoms with Gasteiger partial charge < -0.3 is 10.5 Å². The summed E-state index contributed by atoms with van der Waals surface area (Å²) in [5.74, 6) is -0.164. The summed E-state index contributed by atoms with van der Waals surface area (Å²) in [6.07, 6.45) is 1.66. The number of amidine groups is 1. The summed E-state index contributed by atoms with van der Waals surface area (Å²) in [6.45, 7) is 0.0875. The first-order valence-corrected chi connectivity index (χ1v) is 8.57. The van der Waals surface area contributed by atoms with Gasteiger partial charge in [-0.25, -0.2) is 4.39 Å². The maximum Gasteiger partial charge on any atom is 0.286 e. The number of aliphatic imine (C=N–C) groups is 1. The number of hydrogen-bond acceptors (Lipinski definition) is 4. The van der Waals surface area contributed by atoms with E-state index in [9.17, 15) is 9.18 Å². The van der Waals surface area contributed by atoms with Crippen LogP contribution in [0.25, 0.3) is 6.08 Å². The lowest BCUT2D eigenvalue weighted by Crippen LogP contribution is -2.01. The Morgan fingerprint density at radius 2 is 2.08 bits per heavy atom. The summed E-state index contributed by atoms with van der Waals surface area (Å²) in [4.78, 5) is 15.8. The highest BCUT2D eigenvalue weighted by Gasteiger charge is 2.20. The normalized spacial score (nSPS) is 15.7. The number of carbonyl (C=O) groups is 1. The smallest absolute Gasteiger partial charge is 0.286 e. The SMILES string of the molecule is NC1=NC(=O)/C(=C\c2cc(Br)ccc2OCc2ccccc2F)S1. The van der Waals surface area contributed by atoms with Crippen molar-refractivity contribution in [3.05, 3.63) is 68.8 Å². The molecule has 122 valence electrons. The quantitative estimate of drug-likeness (QED) is 0.776. The fourth-order valence-corrected chi connectivity index (χ4v) is 3.15. The molecule has 2 aromatic carbocycles. The lowest BCUT2D eigenvalue weighted by Gasteiger charge is -2.11. The molecule has 4 nitrogen and oxygen atoms in total. The third-order valence-electron chi connectivity index (χ3n) is 3.24. The van der Waals surface area contributed by atoms with Gasteiger partial charge in [-0.3, -0.25) is 4.79 Å². The van der Waals surface area contributed by atoms with Crippen LogP contribution in [-0.2, 0) is 11.4 Å². The van der Waals surface area contributed by atoms with Gasteiger partial charge in [0.2, 0.25) is 0 Å². The molecule has 1 aliphatic heterocycles. The summed E-state index contributed by atoms with van der Waals surface area (Å²) >= 11 is 4.50. The van der Waals surface area contributed by atoms with Crippen molar-refractivity contribution in [2.24, 2.45) is 10.7 Å². The van der Waals surface area contributed by atoms with Crippen molar-refractivity contribution < 1.29 is 13.9 Å². The molecule has 7 heteroatoms.